The van der Waals surface area contributed by atoms with E-state index in [4.69, 9.17) is 4.74 Å². The van der Waals surface area contributed by atoms with E-state index in [0.717, 1.165) is 45.0 Å². The Balaban J connectivity index is 1.48. The molecule has 0 amide bonds. The Bertz CT molecular complexity index is 741. The molecule has 1 unspecified atom stereocenters. The number of hydrogen-bond donors (Lipinski definition) is 1. The van der Waals surface area contributed by atoms with Crippen LogP contribution in [0.5, 0.6) is 5.75 Å². The summed E-state index contributed by atoms with van der Waals surface area (Å²) in [7, 11) is 0. The van der Waals surface area contributed by atoms with Crippen molar-refractivity contribution < 1.29 is 4.74 Å². The van der Waals surface area contributed by atoms with Crippen molar-refractivity contribution in [1.82, 2.24) is 10.2 Å². The van der Waals surface area contributed by atoms with E-state index in [-0.39, 0.29) is 0 Å². The first-order valence-corrected chi connectivity index (χ1v) is 9.50. The second-order valence-corrected chi connectivity index (χ2v) is 7.57. The van der Waals surface area contributed by atoms with E-state index < -0.39 is 0 Å². The minimum absolute atomic E-state index is 0.415. The molecule has 1 atom stereocenters. The molecule has 0 radical (unpaired) electrons. The van der Waals surface area contributed by atoms with Crippen molar-refractivity contribution >= 4 is 0 Å². The second-order valence-electron chi connectivity index (χ2n) is 7.57. The third-order valence-electron chi connectivity index (χ3n) is 5.42. The summed E-state index contributed by atoms with van der Waals surface area (Å²) < 4.78 is 5.73. The van der Waals surface area contributed by atoms with Gasteiger partial charge in [-0.15, -0.1) is 0 Å². The van der Waals surface area contributed by atoms with Crippen molar-refractivity contribution in [2.24, 2.45) is 0 Å². The molecular weight excluding hydrogens is 308 g/mol. The molecule has 0 bridgehead atoms. The SMILES string of the molecule is CC(C)c1ccccc1C1CN(Cc2ccc3c(c2)OCC3)CCN1. The summed E-state index contributed by atoms with van der Waals surface area (Å²) >= 11 is 0. The number of nitrogens with one attached hydrogen (secondary N) is 1. The predicted molar refractivity (Wildman–Crippen MR) is 102 cm³/mol. The van der Waals surface area contributed by atoms with Gasteiger partial charge < -0.3 is 10.1 Å². The fourth-order valence-corrected chi connectivity index (χ4v) is 4.08. The average Bonchev–Trinajstić information content (AvgIpc) is 3.10. The van der Waals surface area contributed by atoms with Crippen LogP contribution in [0, 0.1) is 0 Å². The van der Waals surface area contributed by atoms with Gasteiger partial charge in [-0.3, -0.25) is 4.90 Å². The van der Waals surface area contributed by atoms with Gasteiger partial charge >= 0.3 is 0 Å². The molecule has 25 heavy (non-hydrogen) atoms. The summed E-state index contributed by atoms with van der Waals surface area (Å²) in [5.74, 6) is 1.65. The van der Waals surface area contributed by atoms with Crippen LogP contribution in [0.15, 0.2) is 42.5 Å². The quantitative estimate of drug-likeness (QED) is 0.917. The largest absolute Gasteiger partial charge is 0.493 e. The van der Waals surface area contributed by atoms with Crippen LogP contribution in [0.1, 0.15) is 48.1 Å². The lowest BCUT2D eigenvalue weighted by atomic mass is 9.92. The van der Waals surface area contributed by atoms with Crippen molar-refractivity contribution in [2.45, 2.75) is 38.8 Å². The molecule has 0 aliphatic carbocycles. The smallest absolute Gasteiger partial charge is 0.122 e. The van der Waals surface area contributed by atoms with Crippen LogP contribution in [0.4, 0.5) is 0 Å². The molecule has 0 saturated carbocycles. The van der Waals surface area contributed by atoms with Crippen LogP contribution in [0.3, 0.4) is 0 Å². The van der Waals surface area contributed by atoms with E-state index in [0.29, 0.717) is 12.0 Å². The highest BCUT2D eigenvalue weighted by Crippen LogP contribution is 2.29. The van der Waals surface area contributed by atoms with Gasteiger partial charge in [0.1, 0.15) is 5.75 Å². The molecule has 2 aliphatic rings. The summed E-state index contributed by atoms with van der Waals surface area (Å²) in [5, 5.41) is 3.72. The molecule has 3 nitrogen and oxygen atoms in total. The summed E-state index contributed by atoms with van der Waals surface area (Å²) in [6.07, 6.45) is 1.05. The third-order valence-corrected chi connectivity index (χ3v) is 5.42. The zero-order chi connectivity index (χ0) is 17.2. The Hall–Kier alpha value is -1.84. The standard InChI is InChI=1S/C22H28N2O/c1-16(2)19-5-3-4-6-20(19)21-15-24(11-10-23-21)14-17-7-8-18-9-12-25-22(18)13-17/h3-8,13,16,21,23H,9-12,14-15H2,1-2H3. The Kier molecular flexibility index (Phi) is 4.78. The monoisotopic (exact) mass is 336 g/mol. The highest BCUT2D eigenvalue weighted by atomic mass is 16.5. The van der Waals surface area contributed by atoms with Gasteiger partial charge in [0.2, 0.25) is 0 Å². The molecule has 2 aromatic rings. The van der Waals surface area contributed by atoms with Crippen molar-refractivity contribution in [2.75, 3.05) is 26.2 Å². The van der Waals surface area contributed by atoms with Crippen LogP contribution in [0.2, 0.25) is 0 Å². The van der Waals surface area contributed by atoms with Crippen molar-refractivity contribution in [3.63, 3.8) is 0 Å². The predicted octanol–water partition coefficient (Wildman–Crippen LogP) is 3.89. The lowest BCUT2D eigenvalue weighted by Crippen LogP contribution is -2.45. The molecule has 0 spiro atoms. The number of hydrogen-bond acceptors (Lipinski definition) is 3. The molecule has 2 heterocycles. The lowest BCUT2D eigenvalue weighted by Gasteiger charge is -2.35. The van der Waals surface area contributed by atoms with Gasteiger partial charge in [-0.25, -0.2) is 0 Å². The van der Waals surface area contributed by atoms with Crippen molar-refractivity contribution in [3.8, 4) is 5.75 Å². The Morgan fingerprint density at radius 1 is 1.20 bits per heavy atom. The summed E-state index contributed by atoms with van der Waals surface area (Å²) in [5.41, 5.74) is 5.64. The van der Waals surface area contributed by atoms with Gasteiger partial charge in [0.25, 0.3) is 0 Å². The molecule has 2 aromatic carbocycles. The number of ether oxygens (including phenoxy) is 1. The zero-order valence-electron chi connectivity index (χ0n) is 15.3. The number of nitrogens with zero attached hydrogens (tertiary/aromatic N) is 1. The molecule has 1 N–H and O–H groups in total. The zero-order valence-corrected chi connectivity index (χ0v) is 15.3. The highest BCUT2D eigenvalue weighted by molar-refractivity contribution is 5.40. The summed E-state index contributed by atoms with van der Waals surface area (Å²) in [4.78, 5) is 2.56. The fraction of sp³-hybridized carbons (Fsp3) is 0.455. The number of piperazine rings is 1. The summed E-state index contributed by atoms with van der Waals surface area (Å²) in [6.45, 7) is 9.59. The average molecular weight is 336 g/mol. The number of fused-ring (bicyclic) bond motifs is 1. The van der Waals surface area contributed by atoms with Gasteiger partial charge in [0.05, 0.1) is 6.61 Å². The van der Waals surface area contributed by atoms with Crippen LogP contribution in [-0.4, -0.2) is 31.1 Å². The van der Waals surface area contributed by atoms with Crippen LogP contribution >= 0.6 is 0 Å². The normalized spacial score (nSPS) is 20.5. The van der Waals surface area contributed by atoms with Gasteiger partial charge in [-0.2, -0.15) is 0 Å². The molecule has 2 aliphatic heterocycles. The van der Waals surface area contributed by atoms with Crippen LogP contribution < -0.4 is 10.1 Å². The Labute approximate surface area is 151 Å². The maximum Gasteiger partial charge on any atom is 0.122 e. The van der Waals surface area contributed by atoms with Crippen LogP contribution in [0.25, 0.3) is 0 Å². The molecule has 132 valence electrons. The topological polar surface area (TPSA) is 24.5 Å². The van der Waals surface area contributed by atoms with Gasteiger partial charge in [-0.1, -0.05) is 50.2 Å². The van der Waals surface area contributed by atoms with Gasteiger partial charge in [0, 0.05) is 38.6 Å². The number of benzene rings is 2. The maximum atomic E-state index is 5.73. The first-order valence-electron chi connectivity index (χ1n) is 9.50. The Morgan fingerprint density at radius 2 is 2.08 bits per heavy atom. The molecular formula is C22H28N2O. The Morgan fingerprint density at radius 3 is 2.96 bits per heavy atom. The van der Waals surface area contributed by atoms with E-state index in [9.17, 15) is 0 Å². The van der Waals surface area contributed by atoms with Crippen molar-refractivity contribution in [1.29, 1.82) is 0 Å². The van der Waals surface area contributed by atoms with Gasteiger partial charge in [-0.05, 0) is 34.2 Å². The third kappa shape index (κ3) is 3.58. The molecule has 0 aromatic heterocycles. The van der Waals surface area contributed by atoms with E-state index in [2.05, 4.69) is 66.5 Å². The molecule has 4 rings (SSSR count). The van der Waals surface area contributed by atoms with E-state index in [1.165, 1.54) is 22.3 Å². The maximum absolute atomic E-state index is 5.73. The second kappa shape index (κ2) is 7.19. The first-order chi connectivity index (χ1) is 12.2. The molecule has 1 fully saturated rings. The first kappa shape index (κ1) is 16.6. The fourth-order valence-electron chi connectivity index (χ4n) is 4.08. The van der Waals surface area contributed by atoms with Crippen LogP contribution in [-0.2, 0) is 13.0 Å². The van der Waals surface area contributed by atoms with E-state index >= 15 is 0 Å². The van der Waals surface area contributed by atoms with Crippen molar-refractivity contribution in [3.05, 3.63) is 64.7 Å². The molecule has 3 heteroatoms. The van der Waals surface area contributed by atoms with E-state index in [1.54, 1.807) is 0 Å². The van der Waals surface area contributed by atoms with Gasteiger partial charge in [0.15, 0.2) is 0 Å². The van der Waals surface area contributed by atoms with E-state index in [1.807, 2.05) is 0 Å². The highest BCUT2D eigenvalue weighted by Gasteiger charge is 2.23. The molecule has 1 saturated heterocycles. The minimum atomic E-state index is 0.415. The minimum Gasteiger partial charge on any atom is -0.493 e. The summed E-state index contributed by atoms with van der Waals surface area (Å²) in [6, 6.07) is 16.1. The number of rotatable bonds is 4. The lowest BCUT2D eigenvalue weighted by molar-refractivity contribution is 0.192.